The standard InChI is InChI=1S/C20H21NO6S2/c22-28(23)21-29(24,25)27-18-12-10-14-6-2-4-8-16(14)20(18)19-15-7-3-1-5-13(15)9-11-17(19)26-28/h9-12,21H,1-8H2. The van der Waals surface area contributed by atoms with Crippen LogP contribution in [0.1, 0.15) is 47.9 Å². The summed E-state index contributed by atoms with van der Waals surface area (Å²) >= 11 is 0. The Bertz CT molecular complexity index is 1120. The molecule has 0 bridgehead atoms. The van der Waals surface area contributed by atoms with Crippen molar-refractivity contribution >= 4 is 20.6 Å². The highest BCUT2D eigenvalue weighted by Crippen LogP contribution is 2.47. The molecule has 0 atom stereocenters. The van der Waals surface area contributed by atoms with Crippen molar-refractivity contribution in [2.45, 2.75) is 51.4 Å². The molecule has 0 radical (unpaired) electrons. The predicted molar refractivity (Wildman–Crippen MR) is 107 cm³/mol. The SMILES string of the molecule is O=S1(=O)NS(=O)(=O)Oc2ccc3c(c2-c2c(ccc4c2CCCC4)O1)CCCC3. The van der Waals surface area contributed by atoms with Crippen molar-refractivity contribution < 1.29 is 25.2 Å². The highest BCUT2D eigenvalue weighted by Gasteiger charge is 2.33. The van der Waals surface area contributed by atoms with Crippen LogP contribution in [-0.2, 0) is 46.3 Å². The van der Waals surface area contributed by atoms with E-state index in [0.29, 0.717) is 11.1 Å². The van der Waals surface area contributed by atoms with E-state index in [0.717, 1.165) is 73.6 Å². The minimum Gasteiger partial charge on any atom is -0.369 e. The van der Waals surface area contributed by atoms with Crippen LogP contribution >= 0.6 is 0 Å². The Balaban J connectivity index is 1.89. The van der Waals surface area contributed by atoms with Gasteiger partial charge in [0, 0.05) is 11.1 Å². The monoisotopic (exact) mass is 435 g/mol. The maximum atomic E-state index is 12.4. The fraction of sp³-hybridized carbons (Fsp3) is 0.400. The van der Waals surface area contributed by atoms with Crippen LogP contribution in [0.25, 0.3) is 11.1 Å². The molecule has 0 amide bonds. The number of hydrogen-bond acceptors (Lipinski definition) is 6. The van der Waals surface area contributed by atoms with Gasteiger partial charge in [-0.25, -0.2) is 0 Å². The summed E-state index contributed by atoms with van der Waals surface area (Å²) in [4.78, 5) is 0. The van der Waals surface area contributed by atoms with Crippen LogP contribution in [-0.4, -0.2) is 16.8 Å². The van der Waals surface area contributed by atoms with Crippen molar-refractivity contribution in [2.75, 3.05) is 0 Å². The third kappa shape index (κ3) is 3.41. The van der Waals surface area contributed by atoms with E-state index in [1.54, 1.807) is 12.1 Å². The molecule has 3 aliphatic rings. The van der Waals surface area contributed by atoms with Crippen LogP contribution in [0.5, 0.6) is 11.5 Å². The zero-order chi connectivity index (χ0) is 20.2. The molecule has 0 aromatic heterocycles. The van der Waals surface area contributed by atoms with Gasteiger partial charge in [0.05, 0.1) is 0 Å². The first-order valence-corrected chi connectivity index (χ1v) is 12.6. The van der Waals surface area contributed by atoms with Crippen molar-refractivity contribution in [1.82, 2.24) is 4.13 Å². The van der Waals surface area contributed by atoms with Crippen LogP contribution in [0.3, 0.4) is 0 Å². The second kappa shape index (κ2) is 6.72. The van der Waals surface area contributed by atoms with E-state index in [9.17, 15) is 16.8 Å². The quantitative estimate of drug-likeness (QED) is 0.683. The van der Waals surface area contributed by atoms with Gasteiger partial charge in [-0.05, 0) is 89.9 Å². The van der Waals surface area contributed by atoms with Crippen molar-refractivity contribution in [3.63, 3.8) is 0 Å². The first kappa shape index (κ1) is 18.9. The maximum Gasteiger partial charge on any atom is 0.398 e. The van der Waals surface area contributed by atoms with E-state index >= 15 is 0 Å². The van der Waals surface area contributed by atoms with Crippen molar-refractivity contribution in [3.05, 3.63) is 46.5 Å². The molecule has 0 saturated heterocycles. The molecular formula is C20H21NO6S2. The topological polar surface area (TPSA) is 98.8 Å². The molecule has 154 valence electrons. The molecule has 0 spiro atoms. The van der Waals surface area contributed by atoms with Crippen molar-refractivity contribution in [1.29, 1.82) is 0 Å². The normalized spacial score (nSPS) is 21.5. The van der Waals surface area contributed by atoms with Gasteiger partial charge in [0.25, 0.3) is 0 Å². The fourth-order valence-electron chi connectivity index (χ4n) is 4.70. The van der Waals surface area contributed by atoms with Crippen LogP contribution in [0.4, 0.5) is 0 Å². The minimum absolute atomic E-state index is 0.138. The Kier molecular flexibility index (Phi) is 4.38. The summed E-state index contributed by atoms with van der Waals surface area (Å²) < 4.78 is 61.5. The first-order chi connectivity index (χ1) is 13.8. The molecule has 0 saturated carbocycles. The van der Waals surface area contributed by atoms with E-state index in [-0.39, 0.29) is 11.5 Å². The lowest BCUT2D eigenvalue weighted by Crippen LogP contribution is -2.36. The average molecular weight is 436 g/mol. The van der Waals surface area contributed by atoms with E-state index < -0.39 is 20.6 Å². The van der Waals surface area contributed by atoms with Gasteiger partial charge in [0.15, 0.2) is 11.5 Å². The zero-order valence-corrected chi connectivity index (χ0v) is 17.4. The zero-order valence-electron chi connectivity index (χ0n) is 15.7. The Labute approximate surface area is 170 Å². The molecule has 7 nitrogen and oxygen atoms in total. The predicted octanol–water partition coefficient (Wildman–Crippen LogP) is 2.96. The van der Waals surface area contributed by atoms with E-state index in [2.05, 4.69) is 0 Å². The molecule has 2 aliphatic carbocycles. The highest BCUT2D eigenvalue weighted by atomic mass is 32.3. The largest absolute Gasteiger partial charge is 0.398 e. The van der Waals surface area contributed by atoms with Crippen LogP contribution in [0, 0.1) is 0 Å². The molecule has 29 heavy (non-hydrogen) atoms. The molecule has 1 aliphatic heterocycles. The number of aryl methyl sites for hydroxylation is 2. The maximum absolute atomic E-state index is 12.4. The number of hydrogen-bond donors (Lipinski definition) is 1. The van der Waals surface area contributed by atoms with Crippen LogP contribution in [0.2, 0.25) is 0 Å². The van der Waals surface area contributed by atoms with Crippen LogP contribution < -0.4 is 12.5 Å². The van der Waals surface area contributed by atoms with Gasteiger partial charge in [-0.1, -0.05) is 12.1 Å². The summed E-state index contributed by atoms with van der Waals surface area (Å²) in [6.45, 7) is 0. The summed E-state index contributed by atoms with van der Waals surface area (Å²) in [5.74, 6) is 0.276. The lowest BCUT2D eigenvalue weighted by Gasteiger charge is -2.26. The fourth-order valence-corrected chi connectivity index (χ4v) is 6.72. The van der Waals surface area contributed by atoms with E-state index in [1.807, 2.05) is 12.1 Å². The summed E-state index contributed by atoms with van der Waals surface area (Å²) in [6.07, 6.45) is 7.47. The van der Waals surface area contributed by atoms with Crippen molar-refractivity contribution in [2.24, 2.45) is 0 Å². The molecule has 1 heterocycles. The summed E-state index contributed by atoms with van der Waals surface area (Å²) in [5, 5.41) is 0. The molecule has 0 fully saturated rings. The van der Waals surface area contributed by atoms with Gasteiger partial charge in [-0.3, -0.25) is 0 Å². The number of nitrogens with one attached hydrogen (secondary N) is 1. The number of benzene rings is 2. The van der Waals surface area contributed by atoms with Gasteiger partial charge in [0.2, 0.25) is 0 Å². The van der Waals surface area contributed by atoms with Gasteiger partial charge in [0.1, 0.15) is 0 Å². The molecule has 9 heteroatoms. The van der Waals surface area contributed by atoms with Gasteiger partial charge in [-0.2, -0.15) is 16.8 Å². The number of fused-ring (bicyclic) bond motifs is 7. The Morgan fingerprint density at radius 3 is 1.48 bits per heavy atom. The first-order valence-electron chi connectivity index (χ1n) is 9.80. The second-order valence-electron chi connectivity index (χ2n) is 7.73. The average Bonchev–Trinajstić information content (AvgIpc) is 2.70. The Hall–Kier alpha value is -2.10. The third-order valence-electron chi connectivity index (χ3n) is 5.84. The summed E-state index contributed by atoms with van der Waals surface area (Å²) in [7, 11) is -9.23. The molecule has 0 unspecified atom stereocenters. The molecule has 1 N–H and O–H groups in total. The lowest BCUT2D eigenvalue weighted by atomic mass is 9.80. The molecule has 2 aromatic carbocycles. The molecular weight excluding hydrogens is 414 g/mol. The smallest absolute Gasteiger partial charge is 0.369 e. The second-order valence-corrected chi connectivity index (χ2v) is 10.5. The molecule has 2 aromatic rings. The van der Waals surface area contributed by atoms with E-state index in [1.165, 1.54) is 4.13 Å². The Morgan fingerprint density at radius 2 is 1.03 bits per heavy atom. The highest BCUT2D eigenvalue weighted by molar-refractivity contribution is 8.00. The van der Waals surface area contributed by atoms with Gasteiger partial charge >= 0.3 is 20.6 Å². The third-order valence-corrected chi connectivity index (χ3v) is 8.27. The number of rotatable bonds is 0. The minimum atomic E-state index is -4.62. The summed E-state index contributed by atoms with van der Waals surface area (Å²) in [6, 6.07) is 7.02. The van der Waals surface area contributed by atoms with Crippen molar-refractivity contribution in [3.8, 4) is 22.6 Å². The van der Waals surface area contributed by atoms with Gasteiger partial charge in [-0.15, -0.1) is 0 Å². The van der Waals surface area contributed by atoms with Crippen LogP contribution in [0.15, 0.2) is 24.3 Å². The van der Waals surface area contributed by atoms with Gasteiger partial charge < -0.3 is 8.37 Å². The molecule has 5 rings (SSSR count). The summed E-state index contributed by atoms with van der Waals surface area (Å²) in [5.41, 5.74) is 5.63. The lowest BCUT2D eigenvalue weighted by molar-refractivity contribution is 0.464. The van der Waals surface area contributed by atoms with E-state index in [4.69, 9.17) is 8.37 Å². The Morgan fingerprint density at radius 1 is 0.621 bits per heavy atom.